The van der Waals surface area contributed by atoms with Gasteiger partial charge in [-0.3, -0.25) is 4.57 Å². The summed E-state index contributed by atoms with van der Waals surface area (Å²) < 4.78 is 13.4. The van der Waals surface area contributed by atoms with E-state index in [1.807, 2.05) is 11.8 Å². The van der Waals surface area contributed by atoms with Crippen LogP contribution in [0.15, 0.2) is 104 Å². The van der Waals surface area contributed by atoms with Gasteiger partial charge in [0.25, 0.3) is 0 Å². The molecule has 0 radical (unpaired) electrons. The lowest BCUT2D eigenvalue weighted by molar-refractivity contribution is -0.0609. The number of fused-ring (bicyclic) bond motifs is 1. The van der Waals surface area contributed by atoms with Crippen molar-refractivity contribution < 1.29 is 19.7 Å². The summed E-state index contributed by atoms with van der Waals surface area (Å²) >= 11 is 1.98. The van der Waals surface area contributed by atoms with Crippen LogP contribution in [0.5, 0.6) is 0 Å². The third kappa shape index (κ3) is 6.47. The molecular formula is C35H39N5O4S. The van der Waals surface area contributed by atoms with E-state index in [4.69, 9.17) is 15.2 Å². The Kier molecular flexibility index (Phi) is 10.1. The first-order valence-electron chi connectivity index (χ1n) is 15.4. The van der Waals surface area contributed by atoms with Crippen LogP contribution in [0.3, 0.4) is 0 Å². The molecule has 5 aromatic rings. The summed E-state index contributed by atoms with van der Waals surface area (Å²) in [6.07, 6.45) is 3.67. The summed E-state index contributed by atoms with van der Waals surface area (Å²) in [6.45, 7) is 0.189. The standard InChI is InChI=1S/C35H39N5O4S/c36-32-29-33(38-23-37-32)40(24-39-29)34-30(42)31(28(22-41)44-34)43-20-12-1-2-13-21-45-35(25-14-6-3-7-15-25,26-16-8-4-9-17-26)27-18-10-5-11-19-27/h3-11,14-19,23-24,28,30-31,34,41-42H,1-2,12-13,20-22H2,(H2,36,37,38)/t28-,30?,31?,34-/m1/s1. The Morgan fingerprint density at radius 1 is 0.822 bits per heavy atom. The number of hydrogen-bond acceptors (Lipinski definition) is 9. The van der Waals surface area contributed by atoms with Crippen molar-refractivity contribution in [3.63, 3.8) is 0 Å². The highest BCUT2D eigenvalue weighted by Crippen LogP contribution is 2.48. The fraction of sp³-hybridized carbons (Fsp3) is 0.343. The van der Waals surface area contributed by atoms with Crippen molar-refractivity contribution in [2.45, 2.75) is 55.0 Å². The largest absolute Gasteiger partial charge is 0.394 e. The Labute approximate surface area is 267 Å². The lowest BCUT2D eigenvalue weighted by atomic mass is 9.84. The average molecular weight is 626 g/mol. The van der Waals surface area contributed by atoms with Crippen LogP contribution in [0.2, 0.25) is 0 Å². The number of nitrogens with two attached hydrogens (primary N) is 1. The summed E-state index contributed by atoms with van der Waals surface area (Å²) in [5, 5.41) is 21.0. The van der Waals surface area contributed by atoms with Gasteiger partial charge in [-0.25, -0.2) is 15.0 Å². The number of thioether (sulfide) groups is 1. The zero-order valence-electron chi connectivity index (χ0n) is 25.1. The summed E-state index contributed by atoms with van der Waals surface area (Å²) in [7, 11) is 0. The predicted molar refractivity (Wildman–Crippen MR) is 177 cm³/mol. The molecule has 234 valence electrons. The molecule has 1 aliphatic rings. The minimum Gasteiger partial charge on any atom is -0.394 e. The van der Waals surface area contributed by atoms with Crippen LogP contribution in [0, 0.1) is 0 Å². The maximum atomic E-state index is 11.1. The molecule has 3 aromatic carbocycles. The number of rotatable bonds is 14. The van der Waals surface area contributed by atoms with Crippen molar-refractivity contribution in [1.82, 2.24) is 19.5 Å². The van der Waals surface area contributed by atoms with E-state index >= 15 is 0 Å². The van der Waals surface area contributed by atoms with E-state index in [0.29, 0.717) is 17.8 Å². The van der Waals surface area contributed by atoms with E-state index in [0.717, 1.165) is 31.4 Å². The van der Waals surface area contributed by atoms with Crippen LogP contribution in [-0.4, -0.2) is 67.0 Å². The highest BCUT2D eigenvalue weighted by Gasteiger charge is 2.45. The van der Waals surface area contributed by atoms with E-state index in [1.165, 1.54) is 29.3 Å². The lowest BCUT2D eigenvalue weighted by Crippen LogP contribution is -2.36. The van der Waals surface area contributed by atoms with Gasteiger partial charge in [0.05, 0.1) is 17.7 Å². The molecule has 0 aliphatic carbocycles. The molecule has 1 saturated heterocycles. The normalized spacial score (nSPS) is 20.1. The van der Waals surface area contributed by atoms with Crippen molar-refractivity contribution in [3.05, 3.63) is 120 Å². The molecule has 1 aliphatic heterocycles. The number of aliphatic hydroxyl groups is 2. The fourth-order valence-corrected chi connectivity index (χ4v) is 7.69. The van der Waals surface area contributed by atoms with E-state index < -0.39 is 24.5 Å². The summed E-state index contributed by atoms with van der Waals surface area (Å²) in [6, 6.07) is 32.3. The van der Waals surface area contributed by atoms with E-state index in [-0.39, 0.29) is 17.2 Å². The number of ether oxygens (including phenoxy) is 2. The average Bonchev–Trinajstić information content (AvgIpc) is 3.66. The molecule has 0 saturated carbocycles. The van der Waals surface area contributed by atoms with Gasteiger partial charge in [0.1, 0.15) is 30.2 Å². The number of nitrogens with zero attached hydrogens (tertiary/aromatic N) is 4. The molecule has 10 heteroatoms. The zero-order chi connectivity index (χ0) is 31.1. The quantitative estimate of drug-likeness (QED) is 0.111. The van der Waals surface area contributed by atoms with Crippen molar-refractivity contribution in [1.29, 1.82) is 0 Å². The Bertz CT molecular complexity index is 1540. The Balaban J connectivity index is 1.03. The number of hydrogen-bond donors (Lipinski definition) is 3. The van der Waals surface area contributed by atoms with E-state index in [1.54, 1.807) is 4.57 Å². The smallest absolute Gasteiger partial charge is 0.167 e. The third-order valence-corrected chi connectivity index (χ3v) is 9.99. The molecule has 0 bridgehead atoms. The molecule has 0 spiro atoms. The van der Waals surface area contributed by atoms with Crippen LogP contribution < -0.4 is 5.73 Å². The number of imidazole rings is 1. The SMILES string of the molecule is Nc1ncnc2c1ncn2[C@@H]1O[C@H](CO)C(OCCCCCCSC(c2ccccc2)(c2ccccc2)c2ccccc2)C1O. The molecule has 4 N–H and O–H groups in total. The summed E-state index contributed by atoms with van der Waals surface area (Å²) in [5.41, 5.74) is 10.6. The number of anilines is 1. The van der Waals surface area contributed by atoms with Gasteiger partial charge in [-0.2, -0.15) is 0 Å². The second-order valence-electron chi connectivity index (χ2n) is 11.2. The van der Waals surface area contributed by atoms with Crippen molar-refractivity contribution in [2.24, 2.45) is 0 Å². The Morgan fingerprint density at radius 2 is 1.42 bits per heavy atom. The number of aliphatic hydroxyl groups excluding tert-OH is 2. The van der Waals surface area contributed by atoms with Gasteiger partial charge in [-0.1, -0.05) is 104 Å². The minimum absolute atomic E-state index is 0.252. The highest BCUT2D eigenvalue weighted by molar-refractivity contribution is 8.00. The van der Waals surface area contributed by atoms with Gasteiger partial charge in [-0.15, -0.1) is 11.8 Å². The maximum Gasteiger partial charge on any atom is 0.167 e. The summed E-state index contributed by atoms with van der Waals surface area (Å²) in [4.78, 5) is 12.5. The first-order valence-corrected chi connectivity index (χ1v) is 16.4. The summed E-state index contributed by atoms with van der Waals surface area (Å²) in [5.74, 6) is 1.25. The second-order valence-corrected chi connectivity index (χ2v) is 12.5. The number of aromatic nitrogens is 4. The van der Waals surface area contributed by atoms with Crippen LogP contribution >= 0.6 is 11.8 Å². The van der Waals surface area contributed by atoms with Crippen molar-refractivity contribution >= 4 is 28.7 Å². The van der Waals surface area contributed by atoms with Crippen molar-refractivity contribution in [2.75, 3.05) is 24.7 Å². The molecule has 2 unspecified atom stereocenters. The van der Waals surface area contributed by atoms with Gasteiger partial charge in [0.2, 0.25) is 0 Å². The molecule has 3 heterocycles. The second kappa shape index (κ2) is 14.5. The molecule has 0 amide bonds. The van der Waals surface area contributed by atoms with Crippen LogP contribution in [0.25, 0.3) is 11.2 Å². The molecule has 45 heavy (non-hydrogen) atoms. The first-order chi connectivity index (χ1) is 22.1. The predicted octanol–water partition coefficient (Wildman–Crippen LogP) is 5.33. The number of nitrogen functional groups attached to an aromatic ring is 1. The van der Waals surface area contributed by atoms with Gasteiger partial charge in [0.15, 0.2) is 17.7 Å². The van der Waals surface area contributed by atoms with Crippen LogP contribution in [0.4, 0.5) is 5.82 Å². The molecule has 1 fully saturated rings. The fourth-order valence-electron chi connectivity index (χ4n) is 6.13. The molecule has 4 atom stereocenters. The topological polar surface area (TPSA) is 129 Å². The van der Waals surface area contributed by atoms with Gasteiger partial charge < -0.3 is 25.4 Å². The monoisotopic (exact) mass is 625 g/mol. The van der Waals surface area contributed by atoms with Gasteiger partial charge >= 0.3 is 0 Å². The molecule has 2 aromatic heterocycles. The van der Waals surface area contributed by atoms with Crippen LogP contribution in [-0.2, 0) is 14.2 Å². The Morgan fingerprint density at radius 3 is 2.02 bits per heavy atom. The zero-order valence-corrected chi connectivity index (χ0v) is 25.9. The molecule has 6 rings (SSSR count). The van der Waals surface area contributed by atoms with Gasteiger partial charge in [-0.05, 0) is 35.3 Å². The van der Waals surface area contributed by atoms with E-state index in [2.05, 4.69) is 106 Å². The number of unbranched alkanes of at least 4 members (excludes halogenated alkanes) is 3. The van der Waals surface area contributed by atoms with E-state index in [9.17, 15) is 10.2 Å². The first kappa shape index (κ1) is 31.2. The van der Waals surface area contributed by atoms with Crippen LogP contribution in [0.1, 0.15) is 48.6 Å². The third-order valence-electron chi connectivity index (χ3n) is 8.36. The minimum atomic E-state index is -1.01. The number of benzene rings is 3. The van der Waals surface area contributed by atoms with Gasteiger partial charge in [0, 0.05) is 6.61 Å². The molecular weight excluding hydrogens is 586 g/mol. The van der Waals surface area contributed by atoms with Crippen molar-refractivity contribution in [3.8, 4) is 0 Å². The molecule has 9 nitrogen and oxygen atoms in total. The highest BCUT2D eigenvalue weighted by atomic mass is 32.2. The Hall–Kier alpha value is -3.80. The maximum absolute atomic E-state index is 11.1. The lowest BCUT2D eigenvalue weighted by Gasteiger charge is -2.35.